The van der Waals surface area contributed by atoms with E-state index in [0.717, 1.165) is 37.3 Å². The summed E-state index contributed by atoms with van der Waals surface area (Å²) in [5.41, 5.74) is 2.26. The molecule has 0 amide bonds. The van der Waals surface area contributed by atoms with Crippen LogP contribution in [-0.2, 0) is 16.5 Å². The first-order valence-electron chi connectivity index (χ1n) is 5.67. The third kappa shape index (κ3) is 1.29. The number of allylic oxidation sites excluding steroid dienone is 1. The molecule has 0 saturated carbocycles. The fourth-order valence-corrected chi connectivity index (χ4v) is 2.61. The second-order valence-electron chi connectivity index (χ2n) is 4.48. The zero-order valence-electron chi connectivity index (χ0n) is 9.69. The molecule has 1 fully saturated rings. The van der Waals surface area contributed by atoms with E-state index in [1.165, 1.54) is 5.57 Å². The minimum Gasteiger partial charge on any atom is -0.501 e. The average Bonchev–Trinajstić information content (AvgIpc) is 2.92. The van der Waals surface area contributed by atoms with Crippen LogP contribution in [0.4, 0.5) is 0 Å². The van der Waals surface area contributed by atoms with Crippen molar-refractivity contribution in [3.05, 3.63) is 23.7 Å². The highest BCUT2D eigenvalue weighted by atomic mass is 16.6. The van der Waals surface area contributed by atoms with Gasteiger partial charge in [0.05, 0.1) is 19.4 Å². The van der Waals surface area contributed by atoms with E-state index in [4.69, 9.17) is 9.47 Å². The smallest absolute Gasteiger partial charge is 0.122 e. The van der Waals surface area contributed by atoms with Crippen LogP contribution in [0.1, 0.15) is 25.0 Å². The maximum atomic E-state index is 5.68. The molecule has 0 aromatic carbocycles. The Balaban J connectivity index is 2.13. The molecule has 2 heterocycles. The topological polar surface area (TPSA) is 39.6 Å². The summed E-state index contributed by atoms with van der Waals surface area (Å²) in [4.78, 5) is 0. The maximum absolute atomic E-state index is 5.68. The second-order valence-corrected chi connectivity index (χ2v) is 4.48. The number of aromatic nitrogens is 2. The fourth-order valence-electron chi connectivity index (χ4n) is 2.61. The van der Waals surface area contributed by atoms with Crippen LogP contribution in [0.25, 0.3) is 5.57 Å². The van der Waals surface area contributed by atoms with Crippen LogP contribution in [0.2, 0.25) is 0 Å². The molecule has 4 nitrogen and oxygen atoms in total. The molecular formula is C12H16N2O2. The van der Waals surface area contributed by atoms with Crippen molar-refractivity contribution in [2.45, 2.75) is 24.9 Å². The highest BCUT2D eigenvalue weighted by molar-refractivity contribution is 5.75. The molecule has 1 saturated heterocycles. The minimum absolute atomic E-state index is 0.0720. The minimum atomic E-state index is -0.0720. The molecule has 1 aliphatic carbocycles. The van der Waals surface area contributed by atoms with Gasteiger partial charge in [-0.2, -0.15) is 5.10 Å². The van der Waals surface area contributed by atoms with E-state index < -0.39 is 0 Å². The molecule has 86 valence electrons. The van der Waals surface area contributed by atoms with Crippen LogP contribution in [-0.4, -0.2) is 29.1 Å². The SMILES string of the molecule is COC1=C(c2ccnn2C)C2(CCC1)CO2. The molecule has 1 aromatic rings. The summed E-state index contributed by atoms with van der Waals surface area (Å²) in [5, 5.41) is 4.23. The maximum Gasteiger partial charge on any atom is 0.122 e. The van der Waals surface area contributed by atoms with Crippen molar-refractivity contribution < 1.29 is 9.47 Å². The summed E-state index contributed by atoms with van der Waals surface area (Å²) in [7, 11) is 3.70. The number of hydrogen-bond acceptors (Lipinski definition) is 3. The van der Waals surface area contributed by atoms with Crippen LogP contribution in [0.3, 0.4) is 0 Å². The van der Waals surface area contributed by atoms with E-state index in [-0.39, 0.29) is 5.60 Å². The molecule has 1 unspecified atom stereocenters. The Morgan fingerprint density at radius 3 is 2.94 bits per heavy atom. The molecule has 1 aliphatic heterocycles. The lowest BCUT2D eigenvalue weighted by atomic mass is 9.85. The van der Waals surface area contributed by atoms with E-state index in [9.17, 15) is 0 Å². The Bertz CT molecular complexity index is 444. The van der Waals surface area contributed by atoms with E-state index >= 15 is 0 Å². The van der Waals surface area contributed by atoms with Crippen molar-refractivity contribution in [2.24, 2.45) is 7.05 Å². The van der Waals surface area contributed by atoms with Crippen molar-refractivity contribution in [3.8, 4) is 0 Å². The number of rotatable bonds is 2. The van der Waals surface area contributed by atoms with E-state index in [1.807, 2.05) is 24.0 Å². The molecule has 0 N–H and O–H groups in total. The van der Waals surface area contributed by atoms with Gasteiger partial charge in [0.15, 0.2) is 0 Å². The van der Waals surface area contributed by atoms with Crippen LogP contribution >= 0.6 is 0 Å². The van der Waals surface area contributed by atoms with Gasteiger partial charge in [0.25, 0.3) is 0 Å². The molecule has 0 bridgehead atoms. The monoisotopic (exact) mass is 220 g/mol. The van der Waals surface area contributed by atoms with Gasteiger partial charge in [0.1, 0.15) is 11.4 Å². The number of hydrogen-bond donors (Lipinski definition) is 0. The summed E-state index contributed by atoms with van der Waals surface area (Å²) in [5.74, 6) is 1.06. The largest absolute Gasteiger partial charge is 0.501 e. The van der Waals surface area contributed by atoms with Crippen LogP contribution in [0.15, 0.2) is 18.0 Å². The molecule has 1 atom stereocenters. The second kappa shape index (κ2) is 3.35. The third-order valence-electron chi connectivity index (χ3n) is 3.54. The normalized spacial score (nSPS) is 28.6. The van der Waals surface area contributed by atoms with Gasteiger partial charge in [-0.05, 0) is 18.9 Å². The Morgan fingerprint density at radius 1 is 1.56 bits per heavy atom. The molecule has 16 heavy (non-hydrogen) atoms. The lowest BCUT2D eigenvalue weighted by Crippen LogP contribution is -2.22. The predicted octanol–water partition coefficient (Wildman–Crippen LogP) is 1.73. The highest BCUT2D eigenvalue weighted by Crippen LogP contribution is 2.50. The lowest BCUT2D eigenvalue weighted by Gasteiger charge is -2.25. The number of epoxide rings is 1. The number of methoxy groups -OCH3 is 1. The van der Waals surface area contributed by atoms with Crippen molar-refractivity contribution >= 4 is 5.57 Å². The summed E-state index contributed by atoms with van der Waals surface area (Å²) in [6, 6.07) is 2.03. The molecule has 2 aliphatic rings. The quantitative estimate of drug-likeness (QED) is 0.712. The molecule has 1 spiro atoms. The molecule has 4 heteroatoms. The van der Waals surface area contributed by atoms with Gasteiger partial charge in [0, 0.05) is 25.2 Å². The van der Waals surface area contributed by atoms with E-state index in [1.54, 1.807) is 7.11 Å². The van der Waals surface area contributed by atoms with Crippen LogP contribution in [0, 0.1) is 0 Å². The Hall–Kier alpha value is -1.29. The highest BCUT2D eigenvalue weighted by Gasteiger charge is 2.52. The van der Waals surface area contributed by atoms with Gasteiger partial charge in [-0.3, -0.25) is 4.68 Å². The van der Waals surface area contributed by atoms with Crippen LogP contribution < -0.4 is 0 Å². The van der Waals surface area contributed by atoms with Crippen molar-refractivity contribution in [2.75, 3.05) is 13.7 Å². The molecule has 3 rings (SSSR count). The number of aryl methyl sites for hydroxylation is 1. The first-order valence-corrected chi connectivity index (χ1v) is 5.67. The number of ether oxygens (including phenoxy) is 2. The van der Waals surface area contributed by atoms with E-state index in [2.05, 4.69) is 5.10 Å². The van der Waals surface area contributed by atoms with Crippen molar-refractivity contribution in [3.63, 3.8) is 0 Å². The van der Waals surface area contributed by atoms with Gasteiger partial charge < -0.3 is 9.47 Å². The first-order chi connectivity index (χ1) is 7.77. The van der Waals surface area contributed by atoms with Crippen molar-refractivity contribution in [1.82, 2.24) is 9.78 Å². The lowest BCUT2D eigenvalue weighted by molar-refractivity contribution is 0.246. The first kappa shape index (κ1) is 9.90. The Labute approximate surface area is 94.8 Å². The fraction of sp³-hybridized carbons (Fsp3) is 0.583. The zero-order chi connectivity index (χ0) is 11.2. The number of nitrogens with zero attached hydrogens (tertiary/aromatic N) is 2. The van der Waals surface area contributed by atoms with Gasteiger partial charge in [0.2, 0.25) is 0 Å². The van der Waals surface area contributed by atoms with Gasteiger partial charge in [-0.1, -0.05) is 0 Å². The van der Waals surface area contributed by atoms with Crippen molar-refractivity contribution in [1.29, 1.82) is 0 Å². The molecule has 0 radical (unpaired) electrons. The third-order valence-corrected chi connectivity index (χ3v) is 3.54. The summed E-state index contributed by atoms with van der Waals surface area (Å²) < 4.78 is 13.1. The van der Waals surface area contributed by atoms with E-state index in [0.29, 0.717) is 0 Å². The van der Waals surface area contributed by atoms with Gasteiger partial charge in [-0.25, -0.2) is 0 Å². The van der Waals surface area contributed by atoms with Gasteiger partial charge >= 0.3 is 0 Å². The predicted molar refractivity (Wildman–Crippen MR) is 59.7 cm³/mol. The molecular weight excluding hydrogens is 204 g/mol. The van der Waals surface area contributed by atoms with Crippen LogP contribution in [0.5, 0.6) is 0 Å². The van der Waals surface area contributed by atoms with Gasteiger partial charge in [-0.15, -0.1) is 0 Å². The average molecular weight is 220 g/mol. The zero-order valence-corrected chi connectivity index (χ0v) is 9.69. The summed E-state index contributed by atoms with van der Waals surface area (Å²) >= 11 is 0. The Morgan fingerprint density at radius 2 is 2.38 bits per heavy atom. The summed E-state index contributed by atoms with van der Waals surface area (Å²) in [6.45, 7) is 0.820. The standard InChI is InChI=1S/C12H16N2O2/c1-14-9(5-7-13-14)11-10(15-2)4-3-6-12(11)8-16-12/h5,7H,3-4,6,8H2,1-2H3. The Kier molecular flexibility index (Phi) is 2.07. The summed E-state index contributed by atoms with van der Waals surface area (Å²) in [6.07, 6.45) is 5.06. The molecule has 1 aromatic heterocycles.